The van der Waals surface area contributed by atoms with Crippen LogP contribution in [0.2, 0.25) is 0 Å². The van der Waals surface area contributed by atoms with E-state index in [2.05, 4.69) is 11.9 Å². The van der Waals surface area contributed by atoms with Crippen LogP contribution in [0.4, 0.5) is 0 Å². The summed E-state index contributed by atoms with van der Waals surface area (Å²) in [6.07, 6.45) is 1.71. The number of nitrogens with two attached hydrogens (primary N) is 1. The van der Waals surface area contributed by atoms with Crippen LogP contribution < -0.4 is 5.73 Å². The molecule has 7 heteroatoms. The van der Waals surface area contributed by atoms with Gasteiger partial charge in [0.05, 0.1) is 6.54 Å². The number of sulfonamides is 1. The largest absolute Gasteiger partial charge is 0.464 e. The van der Waals surface area contributed by atoms with Gasteiger partial charge in [-0.2, -0.15) is 4.31 Å². The summed E-state index contributed by atoms with van der Waals surface area (Å²) in [5.41, 5.74) is 5.50. The maximum Gasteiger partial charge on any atom is 0.246 e. The molecule has 20 heavy (non-hydrogen) atoms. The Labute approximate surface area is 120 Å². The Morgan fingerprint density at radius 3 is 2.55 bits per heavy atom. The van der Waals surface area contributed by atoms with E-state index in [1.54, 1.807) is 14.0 Å². The molecule has 1 aromatic rings. The molecule has 1 fully saturated rings. The third kappa shape index (κ3) is 2.90. The molecule has 6 nitrogen and oxygen atoms in total. The normalized spacial score (nSPS) is 18.9. The van der Waals surface area contributed by atoms with Crippen LogP contribution in [0.1, 0.15) is 24.4 Å². The van der Waals surface area contributed by atoms with Crippen molar-refractivity contribution in [3.63, 3.8) is 0 Å². The van der Waals surface area contributed by atoms with Crippen LogP contribution in [-0.2, 0) is 16.6 Å². The molecule has 1 aliphatic heterocycles. The molecular formula is C13H23N3O3S. The zero-order chi connectivity index (χ0) is 14.9. The molecule has 0 atom stereocenters. The Kier molecular flexibility index (Phi) is 4.53. The molecule has 1 saturated heterocycles. The number of rotatable bonds is 4. The number of aryl methyl sites for hydroxylation is 1. The second kappa shape index (κ2) is 5.85. The topological polar surface area (TPSA) is 79.8 Å². The molecule has 2 heterocycles. The van der Waals surface area contributed by atoms with Gasteiger partial charge in [-0.25, -0.2) is 8.42 Å². The highest BCUT2D eigenvalue weighted by Crippen LogP contribution is 2.26. The predicted molar refractivity (Wildman–Crippen MR) is 76.8 cm³/mol. The monoisotopic (exact) mass is 301 g/mol. The molecule has 114 valence electrons. The summed E-state index contributed by atoms with van der Waals surface area (Å²) in [6.45, 7) is 3.70. The smallest absolute Gasteiger partial charge is 0.246 e. The number of likely N-dealkylation sites (tertiary alicyclic amines) is 1. The van der Waals surface area contributed by atoms with Gasteiger partial charge in [0.15, 0.2) is 0 Å². The van der Waals surface area contributed by atoms with Crippen molar-refractivity contribution in [1.82, 2.24) is 9.21 Å². The lowest BCUT2D eigenvalue weighted by Gasteiger charge is -2.34. The molecule has 2 N–H and O–H groups in total. The van der Waals surface area contributed by atoms with Gasteiger partial charge in [0, 0.05) is 19.2 Å². The van der Waals surface area contributed by atoms with E-state index in [-0.39, 0.29) is 17.5 Å². The Morgan fingerprint density at radius 2 is 2.05 bits per heavy atom. The highest BCUT2D eigenvalue weighted by atomic mass is 32.2. The lowest BCUT2D eigenvalue weighted by Crippen LogP contribution is -2.44. The molecule has 0 aromatic carbocycles. The van der Waals surface area contributed by atoms with Gasteiger partial charge in [-0.1, -0.05) is 0 Å². The average Bonchev–Trinajstić information content (AvgIpc) is 2.81. The molecule has 2 rings (SSSR count). The third-order valence-corrected chi connectivity index (χ3v) is 6.00. The van der Waals surface area contributed by atoms with E-state index in [0.29, 0.717) is 11.5 Å². The second-order valence-electron chi connectivity index (χ2n) is 5.39. The van der Waals surface area contributed by atoms with E-state index >= 15 is 0 Å². The van der Waals surface area contributed by atoms with Crippen LogP contribution in [0.5, 0.6) is 0 Å². The molecule has 0 spiro atoms. The van der Waals surface area contributed by atoms with Crippen LogP contribution in [0.25, 0.3) is 0 Å². The summed E-state index contributed by atoms with van der Waals surface area (Å²) in [5, 5.41) is 0. The SMILES string of the molecule is Cc1oc(CN)cc1S(=O)(=O)N(C)C1CCN(C)CC1. The van der Waals surface area contributed by atoms with E-state index in [0.717, 1.165) is 25.9 Å². The number of nitrogens with zero attached hydrogens (tertiary/aromatic N) is 2. The van der Waals surface area contributed by atoms with Gasteiger partial charge in [0.2, 0.25) is 10.0 Å². The lowest BCUT2D eigenvalue weighted by molar-refractivity contribution is 0.197. The molecule has 0 saturated carbocycles. The number of hydrogen-bond donors (Lipinski definition) is 1. The van der Waals surface area contributed by atoms with Gasteiger partial charge in [0.1, 0.15) is 16.4 Å². The molecule has 0 aliphatic carbocycles. The zero-order valence-corrected chi connectivity index (χ0v) is 13.1. The Balaban J connectivity index is 2.22. The predicted octanol–water partition coefficient (Wildman–Crippen LogP) is 0.761. The van der Waals surface area contributed by atoms with Crippen molar-refractivity contribution in [2.24, 2.45) is 5.73 Å². The Morgan fingerprint density at radius 1 is 1.45 bits per heavy atom. The van der Waals surface area contributed by atoms with Gasteiger partial charge in [0.25, 0.3) is 0 Å². The summed E-state index contributed by atoms with van der Waals surface area (Å²) in [7, 11) is 0.196. The van der Waals surface area contributed by atoms with Crippen molar-refractivity contribution < 1.29 is 12.8 Å². The highest BCUT2D eigenvalue weighted by molar-refractivity contribution is 7.89. The first-order chi connectivity index (χ1) is 9.36. The second-order valence-corrected chi connectivity index (χ2v) is 7.36. The summed E-state index contributed by atoms with van der Waals surface area (Å²) >= 11 is 0. The third-order valence-electron chi connectivity index (χ3n) is 3.98. The zero-order valence-electron chi connectivity index (χ0n) is 12.3. The van der Waals surface area contributed by atoms with E-state index in [1.165, 1.54) is 10.4 Å². The van der Waals surface area contributed by atoms with Crippen molar-refractivity contribution in [2.75, 3.05) is 27.2 Å². The van der Waals surface area contributed by atoms with Gasteiger partial charge in [-0.15, -0.1) is 0 Å². The fraction of sp³-hybridized carbons (Fsp3) is 0.692. The molecule has 0 amide bonds. The molecule has 0 unspecified atom stereocenters. The molecule has 1 aliphatic rings. The van der Waals surface area contributed by atoms with Crippen LogP contribution >= 0.6 is 0 Å². The molecule has 0 radical (unpaired) electrons. The van der Waals surface area contributed by atoms with Gasteiger partial charge >= 0.3 is 0 Å². The lowest BCUT2D eigenvalue weighted by atomic mass is 10.1. The first-order valence-corrected chi connectivity index (χ1v) is 8.26. The van der Waals surface area contributed by atoms with Gasteiger partial charge < -0.3 is 15.1 Å². The van der Waals surface area contributed by atoms with Crippen molar-refractivity contribution in [3.05, 3.63) is 17.6 Å². The van der Waals surface area contributed by atoms with E-state index < -0.39 is 10.0 Å². The standard InChI is InChI=1S/C13H23N3O3S/c1-10-13(8-12(9-14)19-10)20(17,18)16(3)11-4-6-15(2)7-5-11/h8,11H,4-7,9,14H2,1-3H3. The minimum Gasteiger partial charge on any atom is -0.464 e. The van der Waals surface area contributed by atoms with E-state index in [1.807, 2.05) is 0 Å². The minimum absolute atomic E-state index is 0.0480. The van der Waals surface area contributed by atoms with Crippen molar-refractivity contribution in [3.8, 4) is 0 Å². The van der Waals surface area contributed by atoms with E-state index in [4.69, 9.17) is 10.2 Å². The molecule has 0 bridgehead atoms. The average molecular weight is 301 g/mol. The van der Waals surface area contributed by atoms with Crippen molar-refractivity contribution in [2.45, 2.75) is 37.2 Å². The quantitative estimate of drug-likeness (QED) is 0.888. The highest BCUT2D eigenvalue weighted by Gasteiger charge is 2.32. The molecular weight excluding hydrogens is 278 g/mol. The summed E-state index contributed by atoms with van der Waals surface area (Å²) in [5.74, 6) is 0.906. The van der Waals surface area contributed by atoms with Crippen LogP contribution in [-0.4, -0.2) is 50.8 Å². The summed E-state index contributed by atoms with van der Waals surface area (Å²) in [4.78, 5) is 2.45. The fourth-order valence-corrected chi connectivity index (χ4v) is 4.19. The van der Waals surface area contributed by atoms with Crippen molar-refractivity contribution >= 4 is 10.0 Å². The number of furan rings is 1. The maximum atomic E-state index is 12.7. The maximum absolute atomic E-state index is 12.7. The van der Waals surface area contributed by atoms with Crippen LogP contribution in [0.3, 0.4) is 0 Å². The van der Waals surface area contributed by atoms with Gasteiger partial charge in [-0.05, 0) is 39.9 Å². The number of hydrogen-bond acceptors (Lipinski definition) is 5. The minimum atomic E-state index is -3.51. The first-order valence-electron chi connectivity index (χ1n) is 6.82. The Bertz CT molecular complexity index is 559. The Hall–Kier alpha value is -0.890. The summed E-state index contributed by atoms with van der Waals surface area (Å²) in [6, 6.07) is 1.59. The van der Waals surface area contributed by atoms with Gasteiger partial charge in [-0.3, -0.25) is 0 Å². The van der Waals surface area contributed by atoms with Crippen LogP contribution in [0, 0.1) is 6.92 Å². The van der Waals surface area contributed by atoms with Crippen LogP contribution in [0.15, 0.2) is 15.4 Å². The summed E-state index contributed by atoms with van der Waals surface area (Å²) < 4.78 is 32.2. The van der Waals surface area contributed by atoms with Crippen molar-refractivity contribution in [1.29, 1.82) is 0 Å². The first kappa shape index (κ1) is 15.5. The molecule has 1 aromatic heterocycles. The number of piperidine rings is 1. The van der Waals surface area contributed by atoms with E-state index in [9.17, 15) is 8.42 Å². The fourth-order valence-electron chi connectivity index (χ4n) is 2.59.